The van der Waals surface area contributed by atoms with Crippen molar-refractivity contribution in [2.75, 3.05) is 13.1 Å². The van der Waals surface area contributed by atoms with Crippen molar-refractivity contribution in [2.45, 2.75) is 46.3 Å². The van der Waals surface area contributed by atoms with Crippen LogP contribution in [0.1, 0.15) is 31.7 Å². The molecule has 0 bridgehead atoms. The Hall–Kier alpha value is -0.880. The maximum absolute atomic E-state index is 12.3. The van der Waals surface area contributed by atoms with Crippen molar-refractivity contribution >= 4 is 21.8 Å². The summed E-state index contributed by atoms with van der Waals surface area (Å²) in [6.45, 7) is 9.16. The van der Waals surface area contributed by atoms with Crippen LogP contribution in [0.15, 0.2) is 4.47 Å². The van der Waals surface area contributed by atoms with Crippen LogP contribution in [0.3, 0.4) is 0 Å². The molecular weight excluding hydrogens is 308 g/mol. The van der Waals surface area contributed by atoms with E-state index in [4.69, 9.17) is 0 Å². The average molecular weight is 329 g/mol. The minimum atomic E-state index is -0.0355. The third kappa shape index (κ3) is 2.84. The Kier molecular flexibility index (Phi) is 4.62. The third-order valence-corrected chi connectivity index (χ3v) is 4.62. The summed E-state index contributed by atoms with van der Waals surface area (Å²) in [5.74, 6) is 0.196. The zero-order chi connectivity index (χ0) is 14.0. The number of aromatic nitrogens is 2. The second-order valence-electron chi connectivity index (χ2n) is 4.84. The van der Waals surface area contributed by atoms with Gasteiger partial charge in [-0.25, -0.2) is 0 Å². The van der Waals surface area contributed by atoms with E-state index in [-0.39, 0.29) is 11.9 Å². The third-order valence-electron chi connectivity index (χ3n) is 3.58. The maximum Gasteiger partial charge on any atom is 0.240 e. The number of aryl methyl sites for hydroxylation is 2. The molecule has 0 aliphatic carbocycles. The van der Waals surface area contributed by atoms with Crippen molar-refractivity contribution in [3.05, 3.63) is 15.9 Å². The number of nitrogens with zero attached hydrogens (tertiary/aromatic N) is 3. The highest BCUT2D eigenvalue weighted by atomic mass is 79.9. The molecule has 1 fully saturated rings. The molecule has 0 radical (unpaired) electrons. The predicted molar refractivity (Wildman–Crippen MR) is 77.8 cm³/mol. The van der Waals surface area contributed by atoms with Gasteiger partial charge < -0.3 is 10.2 Å². The van der Waals surface area contributed by atoms with Gasteiger partial charge in [0.05, 0.1) is 28.4 Å². The summed E-state index contributed by atoms with van der Waals surface area (Å²) in [4.78, 5) is 14.2. The van der Waals surface area contributed by atoms with Crippen LogP contribution in [-0.2, 0) is 17.9 Å². The molecular formula is C13H21BrN4O. The molecule has 1 aliphatic heterocycles. The lowest BCUT2D eigenvalue weighted by Crippen LogP contribution is -2.54. The van der Waals surface area contributed by atoms with E-state index in [1.807, 2.05) is 23.4 Å². The van der Waals surface area contributed by atoms with Crippen molar-refractivity contribution in [1.82, 2.24) is 20.0 Å². The molecule has 1 saturated heterocycles. The molecule has 0 aromatic carbocycles. The van der Waals surface area contributed by atoms with Crippen LogP contribution in [0, 0.1) is 6.92 Å². The SMILES string of the molecule is CCC1NCCN(Cc2c(Br)c(C)nn2CC)C1=O. The van der Waals surface area contributed by atoms with Gasteiger partial charge in [-0.3, -0.25) is 9.48 Å². The summed E-state index contributed by atoms with van der Waals surface area (Å²) in [6, 6.07) is -0.0355. The Balaban J connectivity index is 2.19. The zero-order valence-corrected chi connectivity index (χ0v) is 13.3. The van der Waals surface area contributed by atoms with E-state index in [0.29, 0.717) is 6.54 Å². The minimum absolute atomic E-state index is 0.0355. The van der Waals surface area contributed by atoms with Gasteiger partial charge in [0.1, 0.15) is 0 Å². The van der Waals surface area contributed by atoms with Crippen LogP contribution < -0.4 is 5.32 Å². The first-order valence-electron chi connectivity index (χ1n) is 6.82. The fourth-order valence-corrected chi connectivity index (χ4v) is 2.88. The molecule has 1 aromatic heterocycles. The largest absolute Gasteiger partial charge is 0.334 e. The predicted octanol–water partition coefficient (Wildman–Crippen LogP) is 1.68. The quantitative estimate of drug-likeness (QED) is 0.914. The van der Waals surface area contributed by atoms with E-state index in [9.17, 15) is 4.79 Å². The van der Waals surface area contributed by atoms with Gasteiger partial charge in [-0.2, -0.15) is 5.10 Å². The lowest BCUT2D eigenvalue weighted by atomic mass is 10.1. The van der Waals surface area contributed by atoms with E-state index in [1.54, 1.807) is 0 Å². The van der Waals surface area contributed by atoms with Gasteiger partial charge in [0.2, 0.25) is 5.91 Å². The van der Waals surface area contributed by atoms with Crippen LogP contribution in [0.25, 0.3) is 0 Å². The smallest absolute Gasteiger partial charge is 0.240 e. The van der Waals surface area contributed by atoms with Crippen molar-refractivity contribution in [3.63, 3.8) is 0 Å². The molecule has 1 aromatic rings. The molecule has 19 heavy (non-hydrogen) atoms. The number of hydrogen-bond acceptors (Lipinski definition) is 3. The summed E-state index contributed by atoms with van der Waals surface area (Å²) >= 11 is 3.58. The van der Waals surface area contributed by atoms with Gasteiger partial charge in [-0.05, 0) is 36.2 Å². The number of piperazine rings is 1. The molecule has 106 valence electrons. The summed E-state index contributed by atoms with van der Waals surface area (Å²) in [7, 11) is 0. The van der Waals surface area contributed by atoms with Crippen LogP contribution in [-0.4, -0.2) is 39.7 Å². The van der Waals surface area contributed by atoms with E-state index in [1.165, 1.54) is 0 Å². The maximum atomic E-state index is 12.3. The summed E-state index contributed by atoms with van der Waals surface area (Å²) < 4.78 is 2.99. The fraction of sp³-hybridized carbons (Fsp3) is 0.692. The first-order valence-corrected chi connectivity index (χ1v) is 7.61. The second-order valence-corrected chi connectivity index (χ2v) is 5.63. The number of nitrogens with one attached hydrogen (secondary N) is 1. The Bertz CT molecular complexity index is 471. The van der Waals surface area contributed by atoms with Crippen LogP contribution in [0.5, 0.6) is 0 Å². The van der Waals surface area contributed by atoms with E-state index < -0.39 is 0 Å². The van der Waals surface area contributed by atoms with Gasteiger partial charge in [0, 0.05) is 19.6 Å². The molecule has 1 aliphatic rings. The monoisotopic (exact) mass is 328 g/mol. The van der Waals surface area contributed by atoms with Crippen LogP contribution >= 0.6 is 15.9 Å². The second kappa shape index (κ2) is 6.05. The highest BCUT2D eigenvalue weighted by molar-refractivity contribution is 9.10. The molecule has 5 nitrogen and oxygen atoms in total. The highest BCUT2D eigenvalue weighted by Gasteiger charge is 2.28. The Morgan fingerprint density at radius 2 is 2.21 bits per heavy atom. The summed E-state index contributed by atoms with van der Waals surface area (Å²) in [6.07, 6.45) is 0.836. The van der Waals surface area contributed by atoms with Gasteiger partial charge >= 0.3 is 0 Å². The number of rotatable bonds is 4. The number of amides is 1. The van der Waals surface area contributed by atoms with Crippen LogP contribution in [0.2, 0.25) is 0 Å². The van der Waals surface area contributed by atoms with Crippen molar-refractivity contribution in [1.29, 1.82) is 0 Å². The van der Waals surface area contributed by atoms with Gasteiger partial charge in [-0.15, -0.1) is 0 Å². The van der Waals surface area contributed by atoms with Gasteiger partial charge in [-0.1, -0.05) is 6.92 Å². The van der Waals surface area contributed by atoms with E-state index >= 15 is 0 Å². The van der Waals surface area contributed by atoms with Crippen LogP contribution in [0.4, 0.5) is 0 Å². The summed E-state index contributed by atoms with van der Waals surface area (Å²) in [5.41, 5.74) is 2.07. The number of carbonyl (C=O) groups is 1. The van der Waals surface area contributed by atoms with E-state index in [0.717, 1.165) is 41.9 Å². The molecule has 1 amide bonds. The molecule has 2 heterocycles. The van der Waals surface area contributed by atoms with Crippen molar-refractivity contribution < 1.29 is 4.79 Å². The normalized spacial score (nSPS) is 20.1. The van der Waals surface area contributed by atoms with Gasteiger partial charge in [0.15, 0.2) is 0 Å². The summed E-state index contributed by atoms with van der Waals surface area (Å²) in [5, 5.41) is 7.73. The van der Waals surface area contributed by atoms with E-state index in [2.05, 4.69) is 33.3 Å². The Morgan fingerprint density at radius 1 is 1.47 bits per heavy atom. The molecule has 1 N–H and O–H groups in total. The van der Waals surface area contributed by atoms with Crippen molar-refractivity contribution in [3.8, 4) is 0 Å². The van der Waals surface area contributed by atoms with Gasteiger partial charge in [0.25, 0.3) is 0 Å². The highest BCUT2D eigenvalue weighted by Crippen LogP contribution is 2.23. The molecule has 6 heteroatoms. The molecule has 0 saturated carbocycles. The molecule has 2 rings (SSSR count). The topological polar surface area (TPSA) is 50.2 Å². The zero-order valence-electron chi connectivity index (χ0n) is 11.7. The minimum Gasteiger partial charge on any atom is -0.334 e. The molecule has 1 unspecified atom stereocenters. The molecule has 1 atom stereocenters. The molecule has 0 spiro atoms. The lowest BCUT2D eigenvalue weighted by molar-refractivity contribution is -0.136. The Morgan fingerprint density at radius 3 is 2.84 bits per heavy atom. The standard InChI is InChI=1S/C13H21BrN4O/c1-4-10-13(19)17(7-6-15-10)8-11-12(14)9(3)16-18(11)5-2/h10,15H,4-8H2,1-3H3. The Labute approximate surface area is 122 Å². The first kappa shape index (κ1) is 14.5. The average Bonchev–Trinajstić information content (AvgIpc) is 2.68. The number of halogens is 1. The fourth-order valence-electron chi connectivity index (χ4n) is 2.47. The number of hydrogen-bond donors (Lipinski definition) is 1. The van der Waals surface area contributed by atoms with Crippen molar-refractivity contribution in [2.24, 2.45) is 0 Å². The first-order chi connectivity index (χ1) is 9.08. The lowest BCUT2D eigenvalue weighted by Gasteiger charge is -2.32. The number of carbonyl (C=O) groups excluding carboxylic acids is 1.